The van der Waals surface area contributed by atoms with Crippen LogP contribution in [0.3, 0.4) is 0 Å². The summed E-state index contributed by atoms with van der Waals surface area (Å²) in [5.41, 5.74) is 0.391. The van der Waals surface area contributed by atoms with E-state index in [4.69, 9.17) is 5.11 Å². The number of aryl methyl sites for hydroxylation is 1. The largest absolute Gasteiger partial charge is 0.477 e. The van der Waals surface area contributed by atoms with E-state index in [1.54, 1.807) is 0 Å². The molecule has 12 heavy (non-hydrogen) atoms. The second-order valence-electron chi connectivity index (χ2n) is 2.27. The van der Waals surface area contributed by atoms with Crippen molar-refractivity contribution in [2.45, 2.75) is 13.3 Å². The molecule has 0 fully saturated rings. The zero-order chi connectivity index (χ0) is 9.30. The van der Waals surface area contributed by atoms with E-state index in [1.807, 2.05) is 0 Å². The Balaban J connectivity index is 3.09. The van der Waals surface area contributed by atoms with Crippen molar-refractivity contribution in [2.24, 2.45) is 0 Å². The molecule has 0 saturated heterocycles. The topological polar surface area (TPSA) is 37.3 Å². The minimum atomic E-state index is -2.58. The summed E-state index contributed by atoms with van der Waals surface area (Å²) in [6, 6.07) is 1.21. The first-order chi connectivity index (χ1) is 5.52. The fraction of sp³-hybridized carbons (Fsp3) is 0.286. The summed E-state index contributed by atoms with van der Waals surface area (Å²) >= 11 is 0.626. The molecule has 0 aromatic carbocycles. The third-order valence-electron chi connectivity index (χ3n) is 1.35. The van der Waals surface area contributed by atoms with Crippen LogP contribution in [0.1, 0.15) is 26.5 Å². The van der Waals surface area contributed by atoms with E-state index in [-0.39, 0.29) is 9.75 Å². The lowest BCUT2D eigenvalue weighted by molar-refractivity contribution is 0.0701. The number of carboxylic acids is 1. The number of carbonyl (C=O) groups is 1. The first kappa shape index (κ1) is 9.12. The van der Waals surface area contributed by atoms with Crippen molar-refractivity contribution in [1.82, 2.24) is 0 Å². The number of hydrogen-bond acceptors (Lipinski definition) is 2. The molecule has 1 aromatic rings. The average Bonchev–Trinajstić information content (AvgIpc) is 2.30. The summed E-state index contributed by atoms with van der Waals surface area (Å²) in [6.07, 6.45) is -2.58. The lowest BCUT2D eigenvalue weighted by Crippen LogP contribution is -1.93. The Kier molecular flexibility index (Phi) is 2.42. The van der Waals surface area contributed by atoms with Crippen LogP contribution >= 0.6 is 11.3 Å². The number of thiophene rings is 1. The van der Waals surface area contributed by atoms with Gasteiger partial charge in [0.1, 0.15) is 4.88 Å². The van der Waals surface area contributed by atoms with Gasteiger partial charge in [0.15, 0.2) is 0 Å². The maximum absolute atomic E-state index is 12.0. The highest BCUT2D eigenvalue weighted by Gasteiger charge is 2.17. The normalized spacial score (nSPS) is 10.7. The summed E-state index contributed by atoms with van der Waals surface area (Å²) in [5.74, 6) is -1.15. The van der Waals surface area contributed by atoms with E-state index in [2.05, 4.69) is 0 Å². The summed E-state index contributed by atoms with van der Waals surface area (Å²) in [6.45, 7) is 1.51. The number of carboxylic acid groups (broad SMARTS) is 1. The van der Waals surface area contributed by atoms with E-state index >= 15 is 0 Å². The van der Waals surface area contributed by atoms with Gasteiger partial charge in [-0.3, -0.25) is 0 Å². The molecule has 0 aliphatic carbocycles. The van der Waals surface area contributed by atoms with E-state index in [0.29, 0.717) is 16.9 Å². The van der Waals surface area contributed by atoms with Gasteiger partial charge >= 0.3 is 5.97 Å². The average molecular weight is 192 g/mol. The molecule has 0 atom stereocenters. The maximum atomic E-state index is 12.0. The Morgan fingerprint density at radius 1 is 1.67 bits per heavy atom. The molecule has 66 valence electrons. The highest BCUT2D eigenvalue weighted by atomic mass is 32.1. The van der Waals surface area contributed by atoms with Crippen LogP contribution in [-0.2, 0) is 0 Å². The molecule has 0 amide bonds. The van der Waals surface area contributed by atoms with Crippen molar-refractivity contribution in [3.63, 3.8) is 0 Å². The van der Waals surface area contributed by atoms with Crippen LogP contribution in [0, 0.1) is 6.92 Å². The monoisotopic (exact) mass is 192 g/mol. The fourth-order valence-corrected chi connectivity index (χ4v) is 1.69. The molecular weight excluding hydrogens is 186 g/mol. The van der Waals surface area contributed by atoms with Crippen LogP contribution in [-0.4, -0.2) is 11.1 Å². The van der Waals surface area contributed by atoms with Gasteiger partial charge in [0, 0.05) is 0 Å². The van der Waals surface area contributed by atoms with Crippen molar-refractivity contribution in [1.29, 1.82) is 0 Å². The second kappa shape index (κ2) is 3.18. The van der Waals surface area contributed by atoms with E-state index in [9.17, 15) is 13.6 Å². The summed E-state index contributed by atoms with van der Waals surface area (Å²) in [7, 11) is 0. The van der Waals surface area contributed by atoms with Gasteiger partial charge in [-0.1, -0.05) is 0 Å². The Morgan fingerprint density at radius 2 is 2.25 bits per heavy atom. The summed E-state index contributed by atoms with van der Waals surface area (Å²) in [4.78, 5) is 10.2. The second-order valence-corrected chi connectivity index (χ2v) is 3.35. The predicted molar refractivity (Wildman–Crippen MR) is 41.0 cm³/mol. The van der Waals surface area contributed by atoms with Gasteiger partial charge in [-0.2, -0.15) is 0 Å². The number of alkyl halides is 2. The highest BCUT2D eigenvalue weighted by Crippen LogP contribution is 2.29. The standard InChI is InChI=1S/C7H6F2O2S/c1-3-2-4(6(8)9)12-5(3)7(10)11/h2,6H,1H3,(H,10,11). The zero-order valence-corrected chi connectivity index (χ0v) is 6.99. The molecule has 0 aliphatic heterocycles. The lowest BCUT2D eigenvalue weighted by Gasteiger charge is -1.88. The molecule has 0 aliphatic rings. The zero-order valence-electron chi connectivity index (χ0n) is 6.17. The minimum Gasteiger partial charge on any atom is -0.477 e. The Bertz CT molecular complexity index is 306. The van der Waals surface area contributed by atoms with Gasteiger partial charge in [0.05, 0.1) is 4.88 Å². The smallest absolute Gasteiger partial charge is 0.346 e. The number of aromatic carboxylic acids is 1. The number of halogens is 2. The predicted octanol–water partition coefficient (Wildman–Crippen LogP) is 2.69. The molecule has 0 saturated carbocycles. The number of hydrogen-bond donors (Lipinski definition) is 1. The summed E-state index contributed by atoms with van der Waals surface area (Å²) in [5, 5.41) is 8.53. The Labute approximate surface area is 71.5 Å². The van der Waals surface area contributed by atoms with E-state index < -0.39 is 12.4 Å². The third-order valence-corrected chi connectivity index (χ3v) is 2.58. The Morgan fingerprint density at radius 3 is 2.50 bits per heavy atom. The molecule has 2 nitrogen and oxygen atoms in total. The SMILES string of the molecule is Cc1cc(C(F)F)sc1C(=O)O. The van der Waals surface area contributed by atoms with Crippen molar-refractivity contribution in [3.8, 4) is 0 Å². The van der Waals surface area contributed by atoms with Gasteiger partial charge in [-0.25, -0.2) is 13.6 Å². The molecule has 1 heterocycles. The van der Waals surface area contributed by atoms with Gasteiger partial charge in [-0.05, 0) is 18.6 Å². The first-order valence-electron chi connectivity index (χ1n) is 3.14. The maximum Gasteiger partial charge on any atom is 0.346 e. The lowest BCUT2D eigenvalue weighted by atomic mass is 10.3. The molecule has 0 unspecified atom stereocenters. The molecule has 0 radical (unpaired) electrons. The van der Waals surface area contributed by atoms with Crippen molar-refractivity contribution in [3.05, 3.63) is 21.4 Å². The molecule has 5 heteroatoms. The van der Waals surface area contributed by atoms with Crippen LogP contribution in [0.5, 0.6) is 0 Å². The van der Waals surface area contributed by atoms with Crippen LogP contribution in [0.15, 0.2) is 6.07 Å². The minimum absolute atomic E-state index is 0.00898. The van der Waals surface area contributed by atoms with Crippen LogP contribution in [0.2, 0.25) is 0 Å². The highest BCUT2D eigenvalue weighted by molar-refractivity contribution is 7.14. The fourth-order valence-electron chi connectivity index (χ4n) is 0.827. The van der Waals surface area contributed by atoms with Gasteiger partial charge in [0.2, 0.25) is 0 Å². The first-order valence-corrected chi connectivity index (χ1v) is 3.95. The molecule has 0 spiro atoms. The van der Waals surface area contributed by atoms with Gasteiger partial charge in [-0.15, -0.1) is 11.3 Å². The van der Waals surface area contributed by atoms with Crippen LogP contribution in [0.25, 0.3) is 0 Å². The van der Waals surface area contributed by atoms with E-state index in [1.165, 1.54) is 13.0 Å². The Hall–Kier alpha value is -0.970. The van der Waals surface area contributed by atoms with Crippen molar-refractivity contribution < 1.29 is 18.7 Å². The number of rotatable bonds is 2. The quantitative estimate of drug-likeness (QED) is 0.782. The van der Waals surface area contributed by atoms with E-state index in [0.717, 1.165) is 0 Å². The molecule has 1 rings (SSSR count). The van der Waals surface area contributed by atoms with Crippen LogP contribution in [0.4, 0.5) is 8.78 Å². The van der Waals surface area contributed by atoms with Gasteiger partial charge in [0.25, 0.3) is 6.43 Å². The summed E-state index contributed by atoms with van der Waals surface area (Å²) < 4.78 is 24.1. The van der Waals surface area contributed by atoms with Crippen LogP contribution < -0.4 is 0 Å². The molecule has 1 aromatic heterocycles. The molecule has 0 bridgehead atoms. The molecule has 1 N–H and O–H groups in total. The van der Waals surface area contributed by atoms with Gasteiger partial charge < -0.3 is 5.11 Å². The van der Waals surface area contributed by atoms with Crippen molar-refractivity contribution >= 4 is 17.3 Å². The van der Waals surface area contributed by atoms with Crippen molar-refractivity contribution in [2.75, 3.05) is 0 Å². The molecular formula is C7H6F2O2S. The third kappa shape index (κ3) is 1.61.